The number of ether oxygens (including phenoxy) is 8. The summed E-state index contributed by atoms with van der Waals surface area (Å²) in [6, 6.07) is 2.62. The largest absolute Gasteiger partial charge is 0.508 e. The number of aryl methyl sites for hydroxylation is 2. The molecule has 7 amide bonds. The predicted octanol–water partition coefficient (Wildman–Crippen LogP) is -0.255. The summed E-state index contributed by atoms with van der Waals surface area (Å²) < 4.78 is 50.4. The molecule has 0 aromatic heterocycles. The molecule has 24 atom stereocenters. The van der Waals surface area contributed by atoms with Crippen LogP contribution in [-0.4, -0.2) is 251 Å². The van der Waals surface area contributed by atoms with E-state index < -0.39 is 248 Å². The van der Waals surface area contributed by atoms with Crippen molar-refractivity contribution in [1.82, 2.24) is 36.8 Å². The molecular weight excluding hydrogens is 1510 g/mol. The molecule has 0 radical (unpaired) electrons. The molecule has 24 unspecified atom stereocenters. The molecule has 115 heavy (non-hydrogen) atoms. The SMILES string of the molecule is CCC1OC(OC2C(CO)OC(OC3C(CO)OC(Oc4c5cc6cc4Oc4ccc(cc4C)C(O)C(NC(=O)C(CC(C)C)N(C)C)C(=O)NC(CC(N)=O)C(=O)NC6C(=O)NC4C(=O)NC(C(=O)NC(C(C)=O)c6cc(O)c(C)c(O)c6-c6cc4ccc6O)C(C)c4ccc(c(C)c4)O5)C(O)C3O)C(O)C2O)C(C)C(O)C1O. The molecule has 8 aliphatic heterocycles. The first-order chi connectivity index (χ1) is 54.3. The number of fused-ring (bicyclic) bond motifs is 15. The Morgan fingerprint density at radius 1 is 0.591 bits per heavy atom. The number of ketones is 1. The first kappa shape index (κ1) is 86.1. The van der Waals surface area contributed by atoms with Gasteiger partial charge in [-0.1, -0.05) is 58.9 Å². The minimum absolute atomic E-state index is 0.0265. The van der Waals surface area contributed by atoms with Crippen LogP contribution in [0.2, 0.25) is 0 Å². The molecule has 0 aliphatic carbocycles. The molecule has 0 spiro atoms. The zero-order valence-corrected chi connectivity index (χ0v) is 64.8. The Kier molecular flexibility index (Phi) is 26.5. The van der Waals surface area contributed by atoms with Gasteiger partial charge in [-0.2, -0.15) is 0 Å². The third-order valence-electron chi connectivity index (χ3n) is 21.9. The topological polar surface area (TPSA) is 555 Å². The summed E-state index contributed by atoms with van der Waals surface area (Å²) in [6.45, 7) is 12.0. The number of phenolic OH excluding ortho intramolecular Hbond substituents is 3. The fourth-order valence-electron chi connectivity index (χ4n) is 15.1. The first-order valence-corrected chi connectivity index (χ1v) is 37.7. The van der Waals surface area contributed by atoms with E-state index in [0.717, 1.165) is 31.2 Å². The number of likely N-dealkylation sites (N-methyl/N-ethyl adjacent to an activating group) is 1. The summed E-state index contributed by atoms with van der Waals surface area (Å²) in [5.74, 6) is -14.5. The van der Waals surface area contributed by atoms with Gasteiger partial charge in [-0.3, -0.25) is 43.3 Å². The van der Waals surface area contributed by atoms with Crippen LogP contribution < -0.4 is 51.8 Å². The van der Waals surface area contributed by atoms with Gasteiger partial charge in [0.1, 0.15) is 126 Å². The Balaban J connectivity index is 1.08. The molecule has 8 heterocycles. The maximum Gasteiger partial charge on any atom is 0.248 e. The van der Waals surface area contributed by atoms with Crippen molar-refractivity contribution in [2.45, 2.75) is 222 Å². The Bertz CT molecular complexity index is 4500. The number of rotatable bonds is 17. The number of benzene rings is 5. The minimum Gasteiger partial charge on any atom is -0.508 e. The number of primary amides is 1. The van der Waals surface area contributed by atoms with E-state index in [1.807, 2.05) is 13.8 Å². The molecule has 624 valence electrons. The maximum atomic E-state index is 16.3. The van der Waals surface area contributed by atoms with E-state index in [1.54, 1.807) is 45.8 Å². The van der Waals surface area contributed by atoms with E-state index in [0.29, 0.717) is 5.56 Å². The van der Waals surface area contributed by atoms with Gasteiger partial charge in [0, 0.05) is 28.5 Å². The third-order valence-corrected chi connectivity index (χ3v) is 21.9. The van der Waals surface area contributed by atoms with Gasteiger partial charge in [0.15, 0.2) is 29.9 Å². The number of hydrogen-bond donors (Lipinski definition) is 19. The summed E-state index contributed by atoms with van der Waals surface area (Å²) >= 11 is 0. The zero-order chi connectivity index (χ0) is 83.9. The van der Waals surface area contributed by atoms with Crippen LogP contribution in [0.3, 0.4) is 0 Å². The number of nitrogens with zero attached hydrogens (tertiary/aromatic N) is 1. The van der Waals surface area contributed by atoms with Crippen molar-refractivity contribution in [1.29, 1.82) is 0 Å². The van der Waals surface area contributed by atoms with Gasteiger partial charge in [0.05, 0.1) is 37.9 Å². The molecule has 36 heteroatoms. The standard InChI is InChI=1S/C79H100N8O28/c1-12-46-63(97)61(95)34(8)77(110-46)114-69-51(27-88)112-79(67(101)64(69)98)115-70-52(28-89)111-78(66(100)65(70)99)113-68-49-23-39-24-50(68)109-48-18-15-38(21-31(48)5)62(96)59(86-72(103)43(87(10)11)19-29(2)3)76(107)81-42(26-53(80)93)71(102)84-58(39)75(106)85-57-37-13-16-44(91)40(22-37)54-41(25-45(92)33(7)60(54)94)56(35(9)90)83-73(104)55(82-74(57)105)32(6)36-14-17-47(108-49)30(4)20-36/h13-18,20-25,29,32,34,42-43,46,51-52,55-59,61-67,69-70,77-79,88-89,91-92,94-101H,12,19,26-28H2,1-11H3,(H2,80,93)(H,81,107)(H,82,105)(H,83,104)(H,84,102)(H,85,106)(H,86,103). The highest BCUT2D eigenvalue weighted by molar-refractivity contribution is 6.01. The van der Waals surface area contributed by atoms with Crippen LogP contribution in [0.1, 0.15) is 135 Å². The molecule has 20 N–H and O–H groups in total. The molecule has 11 bridgehead atoms. The number of Topliss-reactive ketones (excluding diaryl/α,β-unsaturated/α-hetero) is 1. The van der Waals surface area contributed by atoms with Gasteiger partial charge in [0.25, 0.3) is 0 Å². The number of aromatic hydroxyl groups is 3. The lowest BCUT2D eigenvalue weighted by Gasteiger charge is -2.48. The summed E-state index contributed by atoms with van der Waals surface area (Å²) in [4.78, 5) is 121. The average Bonchev–Trinajstić information content (AvgIpc) is 0.759. The van der Waals surface area contributed by atoms with Crippen molar-refractivity contribution in [2.75, 3.05) is 27.3 Å². The third kappa shape index (κ3) is 17.8. The summed E-state index contributed by atoms with van der Waals surface area (Å²) in [5, 5.41) is 154. The highest BCUT2D eigenvalue weighted by atomic mass is 16.8. The number of carbonyl (C=O) groups excluding carboxylic acids is 8. The Morgan fingerprint density at radius 2 is 1.14 bits per heavy atom. The highest BCUT2D eigenvalue weighted by Gasteiger charge is 2.54. The van der Waals surface area contributed by atoms with Crippen LogP contribution >= 0.6 is 0 Å². The molecule has 8 aliphatic rings. The maximum absolute atomic E-state index is 16.3. The van der Waals surface area contributed by atoms with Crippen molar-refractivity contribution in [2.24, 2.45) is 17.6 Å². The minimum atomic E-state index is -2.29. The second-order valence-corrected chi connectivity index (χ2v) is 30.7. The number of hydrogen-bond acceptors (Lipinski definition) is 29. The van der Waals surface area contributed by atoms with Crippen LogP contribution in [0.4, 0.5) is 0 Å². The lowest BCUT2D eigenvalue weighted by Crippen LogP contribution is -2.66. The molecule has 3 fully saturated rings. The van der Waals surface area contributed by atoms with E-state index in [1.165, 1.54) is 63.2 Å². The van der Waals surface area contributed by atoms with Crippen LogP contribution in [-0.2, 0) is 62.0 Å². The van der Waals surface area contributed by atoms with Crippen LogP contribution in [0.5, 0.6) is 46.0 Å². The van der Waals surface area contributed by atoms with Crippen molar-refractivity contribution < 1.29 is 138 Å². The van der Waals surface area contributed by atoms with Gasteiger partial charge < -0.3 is 137 Å². The number of amides is 7. The average molecular weight is 1610 g/mol. The van der Waals surface area contributed by atoms with E-state index in [2.05, 4.69) is 31.9 Å². The van der Waals surface area contributed by atoms with Crippen LogP contribution in [0.15, 0.2) is 72.8 Å². The molecule has 5 aromatic carbocycles. The number of carbonyl (C=O) groups is 8. The monoisotopic (exact) mass is 1610 g/mol. The first-order valence-electron chi connectivity index (χ1n) is 37.7. The zero-order valence-electron chi connectivity index (χ0n) is 64.8. The van der Waals surface area contributed by atoms with E-state index in [-0.39, 0.29) is 80.3 Å². The van der Waals surface area contributed by atoms with E-state index in [4.69, 9.17) is 43.6 Å². The highest BCUT2D eigenvalue weighted by Crippen LogP contribution is 2.50. The predicted molar refractivity (Wildman–Crippen MR) is 400 cm³/mol. The number of nitrogens with one attached hydrogen (secondary N) is 6. The van der Waals surface area contributed by atoms with Crippen molar-refractivity contribution in [3.8, 4) is 57.1 Å². The Hall–Kier alpha value is -9.74. The number of aliphatic hydroxyl groups excluding tert-OH is 9. The lowest BCUT2D eigenvalue weighted by molar-refractivity contribution is -0.372. The smallest absolute Gasteiger partial charge is 0.248 e. The molecule has 3 saturated heterocycles. The fourth-order valence-corrected chi connectivity index (χ4v) is 15.1. The summed E-state index contributed by atoms with van der Waals surface area (Å²) in [5.41, 5.74) is 4.98. The second kappa shape index (κ2) is 35.4. The van der Waals surface area contributed by atoms with Gasteiger partial charge in [0.2, 0.25) is 53.4 Å². The van der Waals surface area contributed by atoms with E-state index in [9.17, 15) is 75.7 Å². The fraction of sp³-hybridized carbons (Fsp3) is 0.519. The van der Waals surface area contributed by atoms with Gasteiger partial charge in [-0.25, -0.2) is 0 Å². The number of phenols is 3. The van der Waals surface area contributed by atoms with Gasteiger partial charge in [-0.05, 0) is 148 Å². The molecule has 13 rings (SSSR count). The number of nitrogens with two attached hydrogens (primary N) is 1. The normalized spacial score (nSPS) is 31.4. The van der Waals surface area contributed by atoms with Crippen LogP contribution in [0.25, 0.3) is 11.1 Å². The van der Waals surface area contributed by atoms with Crippen molar-refractivity contribution >= 4 is 47.1 Å². The molecule has 36 nitrogen and oxygen atoms in total. The molecule has 0 saturated carbocycles. The van der Waals surface area contributed by atoms with Crippen LogP contribution in [0, 0.1) is 32.6 Å². The summed E-state index contributed by atoms with van der Waals surface area (Å²) in [7, 11) is 3.24. The number of aliphatic hydroxyl groups is 9. The Labute approximate surface area is 660 Å². The Morgan fingerprint density at radius 3 is 1.71 bits per heavy atom. The van der Waals surface area contributed by atoms with E-state index >= 15 is 24.0 Å². The lowest BCUT2D eigenvalue weighted by atomic mass is 9.86. The van der Waals surface area contributed by atoms with Gasteiger partial charge >= 0.3 is 0 Å². The van der Waals surface area contributed by atoms with Gasteiger partial charge in [-0.15, -0.1) is 0 Å². The van der Waals surface area contributed by atoms with Crippen molar-refractivity contribution in [3.05, 3.63) is 117 Å². The quantitative estimate of drug-likeness (QED) is 0.0570. The molecular formula is C79H100N8O28. The second-order valence-electron chi connectivity index (χ2n) is 30.7. The molecule has 5 aromatic rings. The van der Waals surface area contributed by atoms with Crippen molar-refractivity contribution in [3.63, 3.8) is 0 Å². The summed E-state index contributed by atoms with van der Waals surface area (Å²) in [6.07, 6.45) is -26.9.